The summed E-state index contributed by atoms with van der Waals surface area (Å²) in [6.07, 6.45) is 0. The Morgan fingerprint density at radius 3 is 2.45 bits per heavy atom. The second kappa shape index (κ2) is 6.27. The lowest BCUT2D eigenvalue weighted by Gasteiger charge is -2.24. The van der Waals surface area contributed by atoms with E-state index in [0.717, 1.165) is 4.57 Å². The summed E-state index contributed by atoms with van der Waals surface area (Å²) >= 11 is 0. The maximum Gasteiger partial charge on any atom is 0.329 e. The van der Waals surface area contributed by atoms with Crippen LogP contribution < -0.4 is 22.3 Å². The topological polar surface area (TPSA) is 113 Å². The molecule has 1 amide bonds. The quantitative estimate of drug-likeness (QED) is 0.663. The van der Waals surface area contributed by atoms with Crippen LogP contribution in [-0.4, -0.2) is 39.5 Å². The third kappa shape index (κ3) is 3.01. The van der Waals surface area contributed by atoms with Gasteiger partial charge in [0.2, 0.25) is 5.91 Å². The van der Waals surface area contributed by atoms with Gasteiger partial charge in [0.15, 0.2) is 0 Å². The van der Waals surface area contributed by atoms with Crippen molar-refractivity contribution in [1.82, 2.24) is 14.5 Å². The number of nitrogens with two attached hydrogens (primary N) is 1. The molecule has 1 unspecified atom stereocenters. The molecule has 1 aromatic rings. The van der Waals surface area contributed by atoms with Crippen molar-refractivity contribution in [3.63, 3.8) is 0 Å². The third-order valence-corrected chi connectivity index (χ3v) is 3.18. The van der Waals surface area contributed by atoms with E-state index < -0.39 is 17.3 Å². The summed E-state index contributed by atoms with van der Waals surface area (Å²) in [5.41, 5.74) is 4.53. The van der Waals surface area contributed by atoms with E-state index in [2.05, 4.69) is 10.3 Å². The Morgan fingerprint density at radius 1 is 1.40 bits per heavy atom. The number of anilines is 2. The first-order valence-corrected chi connectivity index (χ1v) is 6.47. The van der Waals surface area contributed by atoms with Gasteiger partial charge < -0.3 is 16.0 Å². The number of likely N-dealkylation sites (N-methyl/N-ethyl adjacent to an activating group) is 1. The first-order chi connectivity index (χ1) is 9.33. The minimum Gasteiger partial charge on any atom is -0.383 e. The average molecular weight is 283 g/mol. The summed E-state index contributed by atoms with van der Waals surface area (Å²) in [4.78, 5) is 39.0. The van der Waals surface area contributed by atoms with E-state index in [1.54, 1.807) is 11.8 Å². The van der Waals surface area contributed by atoms with Gasteiger partial charge in [0.25, 0.3) is 5.56 Å². The highest BCUT2D eigenvalue weighted by molar-refractivity contribution is 5.85. The van der Waals surface area contributed by atoms with Crippen molar-refractivity contribution >= 4 is 17.4 Å². The normalized spacial score (nSPS) is 12.0. The first-order valence-electron chi connectivity index (χ1n) is 6.47. The van der Waals surface area contributed by atoms with Crippen molar-refractivity contribution in [3.8, 4) is 0 Å². The monoisotopic (exact) mass is 283 g/mol. The molecule has 0 spiro atoms. The molecule has 20 heavy (non-hydrogen) atoms. The average Bonchev–Trinajstić information content (AvgIpc) is 2.42. The smallest absolute Gasteiger partial charge is 0.329 e. The number of amides is 1. The Bertz CT molecular complexity index is 600. The molecule has 1 aromatic heterocycles. The largest absolute Gasteiger partial charge is 0.383 e. The molecular weight excluding hydrogens is 262 g/mol. The number of carbonyl (C=O) groups is 1. The Morgan fingerprint density at radius 2 is 1.95 bits per heavy atom. The summed E-state index contributed by atoms with van der Waals surface area (Å²) in [7, 11) is 1.44. The number of hydrogen-bond acceptors (Lipinski definition) is 5. The first kappa shape index (κ1) is 15.8. The van der Waals surface area contributed by atoms with Crippen LogP contribution in [0.3, 0.4) is 0 Å². The molecule has 1 rings (SSSR count). The van der Waals surface area contributed by atoms with Gasteiger partial charge in [-0.1, -0.05) is 0 Å². The van der Waals surface area contributed by atoms with Crippen LogP contribution in [0.5, 0.6) is 0 Å². The molecule has 0 aliphatic carbocycles. The SMILES string of the molecule is CCN(CC)C(=O)C(C)Nc1c(N)n(C)c(=O)[nH]c1=O. The molecule has 112 valence electrons. The molecule has 0 radical (unpaired) electrons. The second-order valence-corrected chi connectivity index (χ2v) is 4.46. The van der Waals surface area contributed by atoms with Crippen molar-refractivity contribution in [3.05, 3.63) is 20.8 Å². The molecule has 0 fully saturated rings. The van der Waals surface area contributed by atoms with E-state index in [1.165, 1.54) is 7.05 Å². The zero-order valence-electron chi connectivity index (χ0n) is 12.2. The van der Waals surface area contributed by atoms with E-state index in [0.29, 0.717) is 13.1 Å². The van der Waals surface area contributed by atoms with E-state index in [-0.39, 0.29) is 17.4 Å². The molecule has 8 heteroatoms. The molecule has 0 aromatic carbocycles. The molecule has 0 aliphatic rings. The van der Waals surface area contributed by atoms with Crippen LogP contribution in [0, 0.1) is 0 Å². The Hall–Kier alpha value is -2.25. The highest BCUT2D eigenvalue weighted by Gasteiger charge is 2.20. The highest BCUT2D eigenvalue weighted by atomic mass is 16.2. The fourth-order valence-electron chi connectivity index (χ4n) is 1.86. The highest BCUT2D eigenvalue weighted by Crippen LogP contribution is 2.11. The number of nitrogens with one attached hydrogen (secondary N) is 2. The van der Waals surface area contributed by atoms with Gasteiger partial charge in [0, 0.05) is 20.1 Å². The number of hydrogen-bond donors (Lipinski definition) is 3. The van der Waals surface area contributed by atoms with Crippen molar-refractivity contribution in [2.75, 3.05) is 24.1 Å². The summed E-state index contributed by atoms with van der Waals surface area (Å²) in [5, 5.41) is 2.78. The number of H-pyrrole nitrogens is 1. The lowest BCUT2D eigenvalue weighted by molar-refractivity contribution is -0.131. The maximum absolute atomic E-state index is 12.1. The van der Waals surface area contributed by atoms with Crippen LogP contribution in [0.15, 0.2) is 9.59 Å². The van der Waals surface area contributed by atoms with Gasteiger partial charge in [0.1, 0.15) is 17.5 Å². The molecule has 1 atom stereocenters. The Labute approximate surface area is 116 Å². The fourth-order valence-corrected chi connectivity index (χ4v) is 1.86. The number of rotatable bonds is 5. The van der Waals surface area contributed by atoms with Gasteiger partial charge >= 0.3 is 5.69 Å². The van der Waals surface area contributed by atoms with Crippen molar-refractivity contribution < 1.29 is 4.79 Å². The zero-order valence-corrected chi connectivity index (χ0v) is 12.2. The van der Waals surface area contributed by atoms with E-state index in [1.807, 2.05) is 13.8 Å². The van der Waals surface area contributed by atoms with Crippen LogP contribution in [0.25, 0.3) is 0 Å². The van der Waals surface area contributed by atoms with Gasteiger partial charge in [-0.05, 0) is 20.8 Å². The van der Waals surface area contributed by atoms with Crippen molar-refractivity contribution in [2.45, 2.75) is 26.8 Å². The minimum absolute atomic E-state index is 0.00190. The lowest BCUT2D eigenvalue weighted by Crippen LogP contribution is -2.43. The van der Waals surface area contributed by atoms with Crippen LogP contribution in [-0.2, 0) is 11.8 Å². The van der Waals surface area contributed by atoms with E-state index in [9.17, 15) is 14.4 Å². The third-order valence-electron chi connectivity index (χ3n) is 3.18. The summed E-state index contributed by atoms with van der Waals surface area (Å²) in [5.74, 6) is -0.138. The summed E-state index contributed by atoms with van der Waals surface area (Å²) in [6, 6.07) is -0.615. The van der Waals surface area contributed by atoms with E-state index >= 15 is 0 Å². The van der Waals surface area contributed by atoms with Crippen LogP contribution in [0.2, 0.25) is 0 Å². The minimum atomic E-state index is -0.634. The van der Waals surface area contributed by atoms with Gasteiger partial charge in [-0.2, -0.15) is 0 Å². The number of nitrogen functional groups attached to an aromatic ring is 1. The Balaban J connectivity index is 3.06. The Kier molecular flexibility index (Phi) is 4.95. The van der Waals surface area contributed by atoms with Crippen LogP contribution in [0.4, 0.5) is 11.5 Å². The zero-order chi connectivity index (χ0) is 15.4. The molecule has 0 saturated carbocycles. The fraction of sp³-hybridized carbons (Fsp3) is 0.583. The molecular formula is C12H21N5O3. The number of carbonyl (C=O) groups excluding carboxylic acids is 1. The van der Waals surface area contributed by atoms with Crippen molar-refractivity contribution in [2.24, 2.45) is 7.05 Å². The van der Waals surface area contributed by atoms with Gasteiger partial charge in [-0.3, -0.25) is 19.1 Å². The molecule has 0 saturated heterocycles. The standard InChI is InChI=1S/C12H21N5O3/c1-5-17(6-2)11(19)7(3)14-8-9(13)16(4)12(20)15-10(8)18/h7,14H,5-6,13H2,1-4H3,(H,15,18,20). The van der Waals surface area contributed by atoms with Crippen molar-refractivity contribution in [1.29, 1.82) is 0 Å². The molecule has 8 nitrogen and oxygen atoms in total. The van der Waals surface area contributed by atoms with Gasteiger partial charge in [-0.15, -0.1) is 0 Å². The van der Waals surface area contributed by atoms with Crippen LogP contribution in [0.1, 0.15) is 20.8 Å². The van der Waals surface area contributed by atoms with Gasteiger partial charge in [-0.25, -0.2) is 4.79 Å². The van der Waals surface area contributed by atoms with Gasteiger partial charge in [0.05, 0.1) is 0 Å². The predicted molar refractivity (Wildman–Crippen MR) is 77.7 cm³/mol. The predicted octanol–water partition coefficient (Wildman–Crippen LogP) is -0.675. The summed E-state index contributed by atoms with van der Waals surface area (Å²) < 4.78 is 1.11. The lowest BCUT2D eigenvalue weighted by atomic mass is 10.2. The molecule has 0 bridgehead atoms. The molecule has 0 aliphatic heterocycles. The summed E-state index contributed by atoms with van der Waals surface area (Å²) in [6.45, 7) is 6.56. The molecule has 4 N–H and O–H groups in total. The van der Waals surface area contributed by atoms with Crippen LogP contribution >= 0.6 is 0 Å². The number of nitrogens with zero attached hydrogens (tertiary/aromatic N) is 2. The maximum atomic E-state index is 12.1. The molecule has 1 heterocycles. The second-order valence-electron chi connectivity index (χ2n) is 4.46. The van der Waals surface area contributed by atoms with E-state index in [4.69, 9.17) is 5.73 Å². The number of aromatic amines is 1. The number of aromatic nitrogens is 2.